The van der Waals surface area contributed by atoms with E-state index in [0.717, 1.165) is 0 Å². The fraction of sp³-hybridized carbons (Fsp3) is 0.538. The van der Waals surface area contributed by atoms with Gasteiger partial charge in [0.05, 0.1) is 0 Å². The van der Waals surface area contributed by atoms with Crippen molar-refractivity contribution in [2.75, 3.05) is 0 Å². The molecule has 2 N–H and O–H groups in total. The van der Waals surface area contributed by atoms with E-state index in [1.807, 2.05) is 0 Å². The molecule has 1 heteroatoms. The fourth-order valence-electron chi connectivity index (χ4n) is 1.58. The van der Waals surface area contributed by atoms with Crippen LogP contribution in [0.3, 0.4) is 0 Å². The maximum atomic E-state index is 2.26. The van der Waals surface area contributed by atoms with Crippen LogP contribution in [0.5, 0.6) is 0 Å². The standard InChI is InChI=1S/C13H20.H2O/c1-2-3-4-5-7-10-13-11-8-6-9-12-13;/h6,8-9,11-12H,2-5,7,10H2,1H3;1H2. The molecule has 0 aliphatic heterocycles. The van der Waals surface area contributed by atoms with Crippen molar-refractivity contribution in [1.82, 2.24) is 0 Å². The van der Waals surface area contributed by atoms with Crippen LogP contribution in [-0.2, 0) is 6.42 Å². The van der Waals surface area contributed by atoms with Gasteiger partial charge < -0.3 is 5.48 Å². The molecule has 0 aliphatic rings. The predicted molar refractivity (Wildman–Crippen MR) is 62.5 cm³/mol. The molecular formula is C13H22O. The number of hydrogen-bond donors (Lipinski definition) is 0. The Balaban J connectivity index is 0.00000169. The van der Waals surface area contributed by atoms with Gasteiger partial charge in [-0.05, 0) is 18.4 Å². The first-order valence-corrected chi connectivity index (χ1v) is 5.47. The molecule has 0 bridgehead atoms. The van der Waals surface area contributed by atoms with Crippen LogP contribution in [0, 0.1) is 0 Å². The van der Waals surface area contributed by atoms with Gasteiger partial charge in [-0.3, -0.25) is 0 Å². The first kappa shape index (κ1) is 13.2. The molecule has 0 radical (unpaired) electrons. The first-order valence-electron chi connectivity index (χ1n) is 5.47. The lowest BCUT2D eigenvalue weighted by atomic mass is 10.1. The number of aryl methyl sites for hydroxylation is 1. The van der Waals surface area contributed by atoms with Crippen molar-refractivity contribution >= 4 is 0 Å². The molecule has 0 amide bonds. The van der Waals surface area contributed by atoms with Crippen molar-refractivity contribution in [1.29, 1.82) is 0 Å². The van der Waals surface area contributed by atoms with Gasteiger partial charge in [-0.2, -0.15) is 0 Å². The molecule has 80 valence electrons. The lowest BCUT2D eigenvalue weighted by Gasteiger charge is -2.00. The Hall–Kier alpha value is -0.820. The van der Waals surface area contributed by atoms with Crippen molar-refractivity contribution in [3.05, 3.63) is 35.9 Å². The van der Waals surface area contributed by atoms with E-state index < -0.39 is 0 Å². The van der Waals surface area contributed by atoms with Crippen LogP contribution >= 0.6 is 0 Å². The monoisotopic (exact) mass is 194 g/mol. The van der Waals surface area contributed by atoms with Gasteiger partial charge in [-0.15, -0.1) is 0 Å². The third-order valence-electron chi connectivity index (χ3n) is 2.41. The summed E-state index contributed by atoms with van der Waals surface area (Å²) in [6, 6.07) is 10.8. The number of unbranched alkanes of at least 4 members (excludes halogenated alkanes) is 4. The van der Waals surface area contributed by atoms with Crippen LogP contribution < -0.4 is 0 Å². The largest absolute Gasteiger partial charge is 0.412 e. The average Bonchev–Trinajstić information content (AvgIpc) is 2.19. The van der Waals surface area contributed by atoms with Gasteiger partial charge in [0.1, 0.15) is 0 Å². The molecule has 0 spiro atoms. The third kappa shape index (κ3) is 5.76. The zero-order valence-electron chi connectivity index (χ0n) is 9.13. The number of benzene rings is 1. The van der Waals surface area contributed by atoms with Gasteiger partial charge in [-0.25, -0.2) is 0 Å². The minimum Gasteiger partial charge on any atom is -0.412 e. The maximum Gasteiger partial charge on any atom is -0.0279 e. The Bertz CT molecular complexity index is 206. The van der Waals surface area contributed by atoms with Gasteiger partial charge >= 0.3 is 0 Å². The summed E-state index contributed by atoms with van der Waals surface area (Å²) >= 11 is 0. The second kappa shape index (κ2) is 8.76. The van der Waals surface area contributed by atoms with Crippen molar-refractivity contribution in [3.63, 3.8) is 0 Å². The molecule has 0 fully saturated rings. The molecule has 0 saturated carbocycles. The quantitative estimate of drug-likeness (QED) is 0.622. The molecule has 1 aromatic carbocycles. The first-order chi connectivity index (χ1) is 6.43. The van der Waals surface area contributed by atoms with E-state index in [-0.39, 0.29) is 5.48 Å². The summed E-state index contributed by atoms with van der Waals surface area (Å²) in [5.74, 6) is 0. The Labute approximate surface area is 87.5 Å². The molecular weight excluding hydrogens is 172 g/mol. The highest BCUT2D eigenvalue weighted by Crippen LogP contribution is 2.08. The summed E-state index contributed by atoms with van der Waals surface area (Å²) in [6.45, 7) is 2.26. The minimum atomic E-state index is 0. The smallest absolute Gasteiger partial charge is 0.0279 e. The van der Waals surface area contributed by atoms with Crippen molar-refractivity contribution < 1.29 is 5.48 Å². The van der Waals surface area contributed by atoms with E-state index in [4.69, 9.17) is 0 Å². The molecule has 1 aromatic rings. The average molecular weight is 194 g/mol. The zero-order chi connectivity index (χ0) is 9.36. The zero-order valence-corrected chi connectivity index (χ0v) is 9.13. The second-order valence-corrected chi connectivity index (χ2v) is 3.65. The maximum absolute atomic E-state index is 2.26. The molecule has 0 atom stereocenters. The van der Waals surface area contributed by atoms with E-state index in [0.29, 0.717) is 0 Å². The molecule has 0 aliphatic carbocycles. The summed E-state index contributed by atoms with van der Waals surface area (Å²) in [5, 5.41) is 0. The molecule has 0 aromatic heterocycles. The van der Waals surface area contributed by atoms with E-state index in [2.05, 4.69) is 37.3 Å². The summed E-state index contributed by atoms with van der Waals surface area (Å²) in [7, 11) is 0. The molecule has 14 heavy (non-hydrogen) atoms. The summed E-state index contributed by atoms with van der Waals surface area (Å²) in [4.78, 5) is 0. The predicted octanol–water partition coefficient (Wildman–Crippen LogP) is 3.37. The topological polar surface area (TPSA) is 31.5 Å². The molecule has 1 rings (SSSR count). The highest BCUT2D eigenvalue weighted by molar-refractivity contribution is 5.14. The van der Waals surface area contributed by atoms with Crippen molar-refractivity contribution in [2.45, 2.75) is 45.4 Å². The normalized spacial score (nSPS) is 9.50. The van der Waals surface area contributed by atoms with E-state index >= 15 is 0 Å². The number of hydrogen-bond acceptors (Lipinski definition) is 0. The van der Waals surface area contributed by atoms with Crippen LogP contribution in [0.2, 0.25) is 0 Å². The van der Waals surface area contributed by atoms with Gasteiger partial charge in [-0.1, -0.05) is 62.9 Å². The lowest BCUT2D eigenvalue weighted by molar-refractivity contribution is 0.632. The second-order valence-electron chi connectivity index (χ2n) is 3.65. The van der Waals surface area contributed by atoms with Crippen molar-refractivity contribution in [3.8, 4) is 0 Å². The van der Waals surface area contributed by atoms with E-state index in [1.54, 1.807) is 0 Å². The summed E-state index contributed by atoms with van der Waals surface area (Å²) in [6.07, 6.45) is 8.14. The molecule has 1 nitrogen and oxygen atoms in total. The summed E-state index contributed by atoms with van der Waals surface area (Å²) in [5.41, 5.74) is 1.49. The van der Waals surface area contributed by atoms with E-state index in [1.165, 1.54) is 44.1 Å². The summed E-state index contributed by atoms with van der Waals surface area (Å²) < 4.78 is 0. The Morgan fingerprint density at radius 3 is 2.14 bits per heavy atom. The van der Waals surface area contributed by atoms with Crippen LogP contribution in [0.15, 0.2) is 30.3 Å². The molecule has 0 saturated heterocycles. The number of rotatable bonds is 6. The molecule has 0 heterocycles. The van der Waals surface area contributed by atoms with Crippen LogP contribution in [0.4, 0.5) is 0 Å². The fourth-order valence-corrected chi connectivity index (χ4v) is 1.58. The van der Waals surface area contributed by atoms with Crippen LogP contribution in [0.25, 0.3) is 0 Å². The minimum absolute atomic E-state index is 0. The highest BCUT2D eigenvalue weighted by atomic mass is 16.0. The van der Waals surface area contributed by atoms with Crippen LogP contribution in [0.1, 0.15) is 44.6 Å². The Morgan fingerprint density at radius 1 is 0.857 bits per heavy atom. The lowest BCUT2D eigenvalue weighted by Crippen LogP contribution is -1.84. The Morgan fingerprint density at radius 2 is 1.50 bits per heavy atom. The van der Waals surface area contributed by atoms with Gasteiger partial charge in [0.15, 0.2) is 0 Å². The highest BCUT2D eigenvalue weighted by Gasteiger charge is 1.91. The van der Waals surface area contributed by atoms with Crippen LogP contribution in [-0.4, -0.2) is 5.48 Å². The van der Waals surface area contributed by atoms with Gasteiger partial charge in [0.2, 0.25) is 0 Å². The Kier molecular flexibility index (Phi) is 8.25. The van der Waals surface area contributed by atoms with Gasteiger partial charge in [0.25, 0.3) is 0 Å². The van der Waals surface area contributed by atoms with Crippen molar-refractivity contribution in [2.24, 2.45) is 0 Å². The third-order valence-corrected chi connectivity index (χ3v) is 2.41. The molecule has 0 unspecified atom stereocenters. The van der Waals surface area contributed by atoms with Gasteiger partial charge in [0, 0.05) is 0 Å². The SMILES string of the molecule is CCCCCCCc1ccccc1.O. The van der Waals surface area contributed by atoms with E-state index in [9.17, 15) is 0 Å².